The van der Waals surface area contributed by atoms with Gasteiger partial charge < -0.3 is 5.32 Å². The molecule has 0 spiro atoms. The van der Waals surface area contributed by atoms with Crippen molar-refractivity contribution in [1.82, 2.24) is 4.98 Å². The Morgan fingerprint density at radius 3 is 2.33 bits per heavy atom. The summed E-state index contributed by atoms with van der Waals surface area (Å²) in [6, 6.07) is 4.28. The standard InChI is InChI=1S/C11H5BrF4N2/c12-5-1-2-9(6(13)3-5)17-11-8(15)4-7(14)10(16)18-11/h1-4H,(H,17,18). The van der Waals surface area contributed by atoms with Crippen LogP contribution in [-0.4, -0.2) is 4.98 Å². The van der Waals surface area contributed by atoms with Crippen LogP contribution >= 0.6 is 15.9 Å². The maximum Gasteiger partial charge on any atom is 0.251 e. The van der Waals surface area contributed by atoms with Crippen LogP contribution in [0.5, 0.6) is 0 Å². The molecule has 2 aromatic rings. The third-order valence-electron chi connectivity index (χ3n) is 2.07. The number of rotatable bonds is 2. The molecule has 0 fully saturated rings. The summed E-state index contributed by atoms with van der Waals surface area (Å²) in [5, 5.41) is 2.25. The van der Waals surface area contributed by atoms with Gasteiger partial charge in [-0.15, -0.1) is 0 Å². The van der Waals surface area contributed by atoms with Crippen molar-refractivity contribution >= 4 is 27.4 Å². The predicted octanol–water partition coefficient (Wildman–Crippen LogP) is 4.14. The Bertz CT molecular complexity index is 604. The molecule has 0 bridgehead atoms. The Balaban J connectivity index is 2.37. The lowest BCUT2D eigenvalue weighted by molar-refractivity contribution is 0.467. The van der Waals surface area contributed by atoms with E-state index in [-0.39, 0.29) is 5.69 Å². The van der Waals surface area contributed by atoms with Crippen molar-refractivity contribution in [3.05, 3.63) is 52.1 Å². The van der Waals surface area contributed by atoms with E-state index in [0.29, 0.717) is 10.5 Å². The summed E-state index contributed by atoms with van der Waals surface area (Å²) in [4.78, 5) is 3.02. The Morgan fingerprint density at radius 1 is 0.944 bits per heavy atom. The van der Waals surface area contributed by atoms with Crippen LogP contribution in [0.15, 0.2) is 28.7 Å². The monoisotopic (exact) mass is 320 g/mol. The smallest absolute Gasteiger partial charge is 0.251 e. The second-order valence-electron chi connectivity index (χ2n) is 3.34. The van der Waals surface area contributed by atoms with Gasteiger partial charge in [0.1, 0.15) is 5.82 Å². The lowest BCUT2D eigenvalue weighted by Crippen LogP contribution is -2.02. The van der Waals surface area contributed by atoms with E-state index in [1.165, 1.54) is 12.1 Å². The molecule has 18 heavy (non-hydrogen) atoms. The van der Waals surface area contributed by atoms with Crippen LogP contribution in [-0.2, 0) is 0 Å². The first-order valence-electron chi connectivity index (χ1n) is 4.71. The minimum Gasteiger partial charge on any atom is -0.335 e. The Kier molecular flexibility index (Phi) is 3.51. The van der Waals surface area contributed by atoms with Gasteiger partial charge in [-0.3, -0.25) is 0 Å². The van der Waals surface area contributed by atoms with Crippen molar-refractivity contribution in [2.24, 2.45) is 0 Å². The van der Waals surface area contributed by atoms with E-state index >= 15 is 0 Å². The molecule has 1 heterocycles. The molecule has 2 nitrogen and oxygen atoms in total. The van der Waals surface area contributed by atoms with Gasteiger partial charge in [-0.1, -0.05) is 15.9 Å². The summed E-state index contributed by atoms with van der Waals surface area (Å²) in [5.41, 5.74) is -0.101. The van der Waals surface area contributed by atoms with Gasteiger partial charge in [0.2, 0.25) is 0 Å². The first kappa shape index (κ1) is 12.8. The number of aromatic nitrogens is 1. The molecule has 0 atom stereocenters. The summed E-state index contributed by atoms with van der Waals surface area (Å²) in [5.74, 6) is -5.26. The van der Waals surface area contributed by atoms with Crippen LogP contribution in [0.3, 0.4) is 0 Å². The fourth-order valence-electron chi connectivity index (χ4n) is 1.25. The molecule has 1 aromatic carbocycles. The minimum absolute atomic E-state index is 0.101. The molecule has 0 aliphatic carbocycles. The Morgan fingerprint density at radius 2 is 1.67 bits per heavy atom. The van der Waals surface area contributed by atoms with E-state index < -0.39 is 29.2 Å². The van der Waals surface area contributed by atoms with Crippen LogP contribution in [0.25, 0.3) is 0 Å². The van der Waals surface area contributed by atoms with E-state index in [1.807, 2.05) is 0 Å². The van der Waals surface area contributed by atoms with Crippen molar-refractivity contribution < 1.29 is 17.6 Å². The van der Waals surface area contributed by atoms with Crippen LogP contribution in [0.4, 0.5) is 29.1 Å². The van der Waals surface area contributed by atoms with Gasteiger partial charge in [0.15, 0.2) is 17.5 Å². The molecule has 1 aromatic heterocycles. The first-order chi connectivity index (χ1) is 8.47. The van der Waals surface area contributed by atoms with Gasteiger partial charge in [0.25, 0.3) is 5.95 Å². The van der Waals surface area contributed by atoms with Crippen LogP contribution in [0.2, 0.25) is 0 Å². The third kappa shape index (κ3) is 2.61. The Hall–Kier alpha value is -1.63. The number of nitrogens with one attached hydrogen (secondary N) is 1. The second kappa shape index (κ2) is 4.93. The van der Waals surface area contributed by atoms with E-state index in [2.05, 4.69) is 26.2 Å². The Labute approximate surface area is 108 Å². The molecule has 2 rings (SSSR count). The van der Waals surface area contributed by atoms with Gasteiger partial charge in [-0.2, -0.15) is 9.37 Å². The van der Waals surface area contributed by atoms with Gasteiger partial charge in [-0.25, -0.2) is 13.2 Å². The fourth-order valence-corrected chi connectivity index (χ4v) is 1.58. The van der Waals surface area contributed by atoms with E-state index in [0.717, 1.165) is 6.07 Å². The minimum atomic E-state index is -1.46. The molecule has 7 heteroatoms. The van der Waals surface area contributed by atoms with E-state index in [4.69, 9.17) is 0 Å². The van der Waals surface area contributed by atoms with Crippen LogP contribution in [0.1, 0.15) is 0 Å². The van der Waals surface area contributed by atoms with Gasteiger partial charge in [0, 0.05) is 10.5 Å². The number of hydrogen-bond donors (Lipinski definition) is 1. The van der Waals surface area contributed by atoms with Crippen molar-refractivity contribution in [3.8, 4) is 0 Å². The highest BCUT2D eigenvalue weighted by molar-refractivity contribution is 9.10. The number of anilines is 2. The summed E-state index contributed by atoms with van der Waals surface area (Å²) in [6.45, 7) is 0. The lowest BCUT2D eigenvalue weighted by atomic mass is 10.3. The van der Waals surface area contributed by atoms with Gasteiger partial charge in [0.05, 0.1) is 5.69 Å². The lowest BCUT2D eigenvalue weighted by Gasteiger charge is -2.08. The second-order valence-corrected chi connectivity index (χ2v) is 4.26. The summed E-state index contributed by atoms with van der Waals surface area (Å²) in [6.07, 6.45) is 0. The van der Waals surface area contributed by atoms with Gasteiger partial charge in [-0.05, 0) is 18.2 Å². The van der Waals surface area contributed by atoms with Crippen LogP contribution < -0.4 is 5.32 Å². The topological polar surface area (TPSA) is 24.9 Å². The maximum absolute atomic E-state index is 13.4. The quantitative estimate of drug-likeness (QED) is 0.664. The molecule has 94 valence electrons. The van der Waals surface area contributed by atoms with Gasteiger partial charge >= 0.3 is 0 Å². The molecule has 0 aliphatic rings. The fraction of sp³-hybridized carbons (Fsp3) is 0. The summed E-state index contributed by atoms with van der Waals surface area (Å²) in [7, 11) is 0. The van der Waals surface area contributed by atoms with Crippen LogP contribution in [0, 0.1) is 23.4 Å². The van der Waals surface area contributed by atoms with E-state index in [9.17, 15) is 17.6 Å². The maximum atomic E-state index is 13.4. The number of halogens is 5. The first-order valence-corrected chi connectivity index (χ1v) is 5.50. The zero-order chi connectivity index (χ0) is 13.3. The molecule has 0 radical (unpaired) electrons. The molecule has 1 N–H and O–H groups in total. The predicted molar refractivity (Wildman–Crippen MR) is 61.5 cm³/mol. The number of pyridine rings is 1. The molecular formula is C11H5BrF4N2. The van der Waals surface area contributed by atoms with Crippen molar-refractivity contribution in [2.75, 3.05) is 5.32 Å². The molecule has 0 aliphatic heterocycles. The molecule has 0 saturated carbocycles. The third-order valence-corrected chi connectivity index (χ3v) is 2.56. The number of hydrogen-bond acceptors (Lipinski definition) is 2. The highest BCUT2D eigenvalue weighted by Gasteiger charge is 2.13. The summed E-state index contributed by atoms with van der Waals surface area (Å²) >= 11 is 3.05. The molecule has 0 saturated heterocycles. The normalized spacial score (nSPS) is 10.5. The molecular weight excluding hydrogens is 316 g/mol. The zero-order valence-electron chi connectivity index (χ0n) is 8.65. The number of benzene rings is 1. The largest absolute Gasteiger partial charge is 0.335 e. The van der Waals surface area contributed by atoms with Crippen molar-refractivity contribution in [1.29, 1.82) is 0 Å². The SMILES string of the molecule is Fc1cc(Br)ccc1Nc1nc(F)c(F)cc1F. The van der Waals surface area contributed by atoms with Crippen molar-refractivity contribution in [2.45, 2.75) is 0 Å². The molecule has 0 unspecified atom stereocenters. The average Bonchev–Trinajstić information content (AvgIpc) is 2.29. The highest BCUT2D eigenvalue weighted by Crippen LogP contribution is 2.24. The average molecular weight is 321 g/mol. The van der Waals surface area contributed by atoms with Crippen molar-refractivity contribution in [3.63, 3.8) is 0 Å². The highest BCUT2D eigenvalue weighted by atomic mass is 79.9. The zero-order valence-corrected chi connectivity index (χ0v) is 10.2. The summed E-state index contributed by atoms with van der Waals surface area (Å²) < 4.78 is 52.7. The number of nitrogens with zero attached hydrogens (tertiary/aromatic N) is 1. The molecule has 0 amide bonds. The van der Waals surface area contributed by atoms with E-state index in [1.54, 1.807) is 0 Å².